The van der Waals surface area contributed by atoms with Gasteiger partial charge in [-0.1, -0.05) is 6.07 Å². The van der Waals surface area contributed by atoms with Gasteiger partial charge in [0.2, 0.25) is 11.8 Å². The number of hydrogen-bond donors (Lipinski definition) is 5. The molecule has 23 heavy (non-hydrogen) atoms. The van der Waals surface area contributed by atoms with Crippen molar-refractivity contribution in [1.82, 2.24) is 10.8 Å². The minimum atomic E-state index is -0.765. The van der Waals surface area contributed by atoms with E-state index >= 15 is 0 Å². The predicted molar refractivity (Wildman–Crippen MR) is 84.1 cm³/mol. The maximum absolute atomic E-state index is 12.1. The number of carbonyl (C=O) groups is 2. The fourth-order valence-corrected chi connectivity index (χ4v) is 1.90. The van der Waals surface area contributed by atoms with Gasteiger partial charge in [0.25, 0.3) is 0 Å². The standard InChI is InChI=1S/C15H23N3O5/c1-9(16-15(22)10(2)18-23-3)14(21)17-13-5-11(7-19)4-12(6-13)8-20/h4-6,9-10,18-20H,7-8H2,1-3H3,(H,16,22)(H,17,21)/t9-,10-/m0/s1. The third-order valence-electron chi connectivity index (χ3n) is 3.13. The van der Waals surface area contributed by atoms with Gasteiger partial charge in [-0.2, -0.15) is 5.48 Å². The number of anilines is 1. The molecule has 8 nitrogen and oxygen atoms in total. The molecule has 0 aliphatic carbocycles. The number of aliphatic hydroxyl groups excluding tert-OH is 2. The number of hydroxylamine groups is 1. The van der Waals surface area contributed by atoms with E-state index in [-0.39, 0.29) is 19.1 Å². The average molecular weight is 325 g/mol. The second kappa shape index (κ2) is 9.21. The number of nitrogens with one attached hydrogen (secondary N) is 3. The molecule has 1 rings (SSSR count). The molecule has 1 aromatic carbocycles. The van der Waals surface area contributed by atoms with Crippen molar-refractivity contribution in [3.63, 3.8) is 0 Å². The quantitative estimate of drug-likeness (QED) is 0.417. The second-order valence-corrected chi connectivity index (χ2v) is 5.12. The lowest BCUT2D eigenvalue weighted by molar-refractivity contribution is -0.129. The predicted octanol–water partition coefficient (Wildman–Crippen LogP) is -0.346. The van der Waals surface area contributed by atoms with Crippen LogP contribution >= 0.6 is 0 Å². The van der Waals surface area contributed by atoms with E-state index in [4.69, 9.17) is 0 Å². The molecule has 0 aromatic heterocycles. The molecule has 2 atom stereocenters. The number of amides is 2. The van der Waals surface area contributed by atoms with Crippen LogP contribution in [0.4, 0.5) is 5.69 Å². The summed E-state index contributed by atoms with van der Waals surface area (Å²) < 4.78 is 0. The Morgan fingerprint density at radius 1 is 1.04 bits per heavy atom. The number of rotatable bonds is 8. The molecule has 0 fully saturated rings. The molecule has 0 aliphatic heterocycles. The zero-order valence-corrected chi connectivity index (χ0v) is 13.4. The van der Waals surface area contributed by atoms with Crippen LogP contribution in [0.5, 0.6) is 0 Å². The Balaban J connectivity index is 2.69. The van der Waals surface area contributed by atoms with Crippen LogP contribution in [0.15, 0.2) is 18.2 Å². The first-order valence-corrected chi connectivity index (χ1v) is 7.15. The topological polar surface area (TPSA) is 120 Å². The molecule has 2 amide bonds. The van der Waals surface area contributed by atoms with Crippen molar-refractivity contribution in [3.05, 3.63) is 29.3 Å². The van der Waals surface area contributed by atoms with Crippen molar-refractivity contribution < 1.29 is 24.6 Å². The number of carbonyl (C=O) groups excluding carboxylic acids is 2. The molecule has 128 valence electrons. The zero-order chi connectivity index (χ0) is 17.4. The summed E-state index contributed by atoms with van der Waals surface area (Å²) >= 11 is 0. The molecule has 0 radical (unpaired) electrons. The highest BCUT2D eigenvalue weighted by atomic mass is 16.6. The van der Waals surface area contributed by atoms with Gasteiger partial charge in [0.05, 0.1) is 20.3 Å². The Morgan fingerprint density at radius 2 is 1.61 bits per heavy atom. The normalized spacial score (nSPS) is 13.3. The Morgan fingerprint density at radius 3 is 2.09 bits per heavy atom. The van der Waals surface area contributed by atoms with Crippen LogP contribution < -0.4 is 16.1 Å². The molecular weight excluding hydrogens is 302 g/mol. The van der Waals surface area contributed by atoms with Crippen molar-refractivity contribution in [2.45, 2.75) is 39.1 Å². The van der Waals surface area contributed by atoms with Crippen LogP contribution in [0.2, 0.25) is 0 Å². The summed E-state index contributed by atoms with van der Waals surface area (Å²) in [5.74, 6) is -0.795. The largest absolute Gasteiger partial charge is 0.392 e. The van der Waals surface area contributed by atoms with Gasteiger partial charge in [0, 0.05) is 5.69 Å². The van der Waals surface area contributed by atoms with E-state index in [0.29, 0.717) is 16.8 Å². The van der Waals surface area contributed by atoms with Gasteiger partial charge in [0.1, 0.15) is 12.1 Å². The highest BCUT2D eigenvalue weighted by Crippen LogP contribution is 2.15. The van der Waals surface area contributed by atoms with E-state index in [2.05, 4.69) is 21.0 Å². The van der Waals surface area contributed by atoms with Gasteiger partial charge in [-0.25, -0.2) is 0 Å². The third-order valence-corrected chi connectivity index (χ3v) is 3.13. The van der Waals surface area contributed by atoms with Crippen LogP contribution in [0.1, 0.15) is 25.0 Å². The first kappa shape index (κ1) is 19.0. The summed E-state index contributed by atoms with van der Waals surface area (Å²) in [6.45, 7) is 2.74. The minimum absolute atomic E-state index is 0.205. The summed E-state index contributed by atoms with van der Waals surface area (Å²) in [5.41, 5.74) is 4.05. The van der Waals surface area contributed by atoms with Gasteiger partial charge < -0.3 is 25.7 Å². The van der Waals surface area contributed by atoms with Crippen molar-refractivity contribution in [2.24, 2.45) is 0 Å². The van der Waals surface area contributed by atoms with E-state index in [0.717, 1.165) is 0 Å². The van der Waals surface area contributed by atoms with Gasteiger partial charge in [0.15, 0.2) is 0 Å². The molecule has 0 saturated heterocycles. The average Bonchev–Trinajstić information content (AvgIpc) is 2.54. The van der Waals surface area contributed by atoms with E-state index < -0.39 is 18.0 Å². The van der Waals surface area contributed by atoms with Crippen molar-refractivity contribution in [2.75, 3.05) is 12.4 Å². The SMILES string of the molecule is CON[C@@H](C)C(=O)N[C@@H](C)C(=O)Nc1cc(CO)cc(CO)c1. The van der Waals surface area contributed by atoms with Crippen LogP contribution in [-0.4, -0.2) is 41.2 Å². The Bertz CT molecular complexity index is 528. The lowest BCUT2D eigenvalue weighted by Crippen LogP contribution is -2.48. The van der Waals surface area contributed by atoms with Gasteiger partial charge in [-0.15, -0.1) is 0 Å². The van der Waals surface area contributed by atoms with Gasteiger partial charge in [-0.05, 0) is 37.1 Å². The van der Waals surface area contributed by atoms with Crippen molar-refractivity contribution >= 4 is 17.5 Å². The molecule has 0 spiro atoms. The smallest absolute Gasteiger partial charge is 0.246 e. The Hall–Kier alpha value is -2.00. The Kier molecular flexibility index (Phi) is 7.63. The maximum Gasteiger partial charge on any atom is 0.246 e. The Labute approximate surface area is 134 Å². The molecule has 0 heterocycles. The minimum Gasteiger partial charge on any atom is -0.392 e. The summed E-state index contributed by atoms with van der Waals surface area (Å²) in [7, 11) is 1.40. The van der Waals surface area contributed by atoms with Crippen LogP contribution in [-0.2, 0) is 27.6 Å². The molecule has 8 heteroatoms. The molecule has 5 N–H and O–H groups in total. The second-order valence-electron chi connectivity index (χ2n) is 5.12. The summed E-state index contributed by atoms with van der Waals surface area (Å²) in [6.07, 6.45) is 0. The lowest BCUT2D eigenvalue weighted by atomic mass is 10.1. The monoisotopic (exact) mass is 325 g/mol. The molecule has 0 saturated carbocycles. The molecule has 0 bridgehead atoms. The van der Waals surface area contributed by atoms with Gasteiger partial charge >= 0.3 is 0 Å². The molecule has 1 aromatic rings. The summed E-state index contributed by atoms with van der Waals surface area (Å²) in [4.78, 5) is 28.6. The summed E-state index contributed by atoms with van der Waals surface area (Å²) in [6, 6.07) is 3.47. The highest BCUT2D eigenvalue weighted by Gasteiger charge is 2.19. The molecule has 0 unspecified atom stereocenters. The first-order valence-electron chi connectivity index (χ1n) is 7.15. The van der Waals surface area contributed by atoms with E-state index in [1.54, 1.807) is 32.0 Å². The van der Waals surface area contributed by atoms with Crippen molar-refractivity contribution in [1.29, 1.82) is 0 Å². The summed E-state index contributed by atoms with van der Waals surface area (Å²) in [5, 5.41) is 23.6. The van der Waals surface area contributed by atoms with Crippen LogP contribution in [0, 0.1) is 0 Å². The fraction of sp³-hybridized carbons (Fsp3) is 0.467. The fourth-order valence-electron chi connectivity index (χ4n) is 1.90. The number of aliphatic hydroxyl groups is 2. The van der Waals surface area contributed by atoms with E-state index in [1.807, 2.05) is 0 Å². The number of hydrogen-bond acceptors (Lipinski definition) is 6. The van der Waals surface area contributed by atoms with Crippen LogP contribution in [0.3, 0.4) is 0 Å². The maximum atomic E-state index is 12.1. The van der Waals surface area contributed by atoms with Gasteiger partial charge in [-0.3, -0.25) is 9.59 Å². The zero-order valence-electron chi connectivity index (χ0n) is 13.4. The van der Waals surface area contributed by atoms with E-state index in [9.17, 15) is 19.8 Å². The molecule has 0 aliphatic rings. The number of benzene rings is 1. The third kappa shape index (κ3) is 5.95. The van der Waals surface area contributed by atoms with E-state index in [1.165, 1.54) is 7.11 Å². The first-order chi connectivity index (χ1) is 10.9. The molecular formula is C15H23N3O5. The van der Waals surface area contributed by atoms with Crippen molar-refractivity contribution in [3.8, 4) is 0 Å². The lowest BCUT2D eigenvalue weighted by Gasteiger charge is -2.18. The highest BCUT2D eigenvalue weighted by molar-refractivity contribution is 5.97. The van der Waals surface area contributed by atoms with Crippen LogP contribution in [0.25, 0.3) is 0 Å².